The Hall–Kier alpha value is -3.67. The molecule has 0 bridgehead atoms. The van der Waals surface area contributed by atoms with E-state index >= 15 is 0 Å². The van der Waals surface area contributed by atoms with E-state index in [2.05, 4.69) is 39.0 Å². The molecule has 234 valence electrons. The summed E-state index contributed by atoms with van der Waals surface area (Å²) in [6.07, 6.45) is 7.72. The number of nitrogens with one attached hydrogen (secondary N) is 3. The van der Waals surface area contributed by atoms with Crippen molar-refractivity contribution in [2.75, 3.05) is 0 Å². The van der Waals surface area contributed by atoms with Crippen LogP contribution >= 0.6 is 12.6 Å². The molecule has 2 amide bonds. The Balaban J connectivity index is 1.62. The van der Waals surface area contributed by atoms with Gasteiger partial charge in [-0.15, -0.1) is 0 Å². The lowest BCUT2D eigenvalue weighted by atomic mass is 9.91. The van der Waals surface area contributed by atoms with Crippen LogP contribution < -0.4 is 15.9 Å². The predicted molar refractivity (Wildman–Crippen MR) is 171 cm³/mol. The summed E-state index contributed by atoms with van der Waals surface area (Å²) in [5, 5.41) is 14.3. The van der Waals surface area contributed by atoms with E-state index in [0.29, 0.717) is 25.7 Å². The predicted octanol–water partition coefficient (Wildman–Crippen LogP) is 3.56. The molecule has 5 heterocycles. The molecule has 10 nitrogen and oxygen atoms in total. The molecule has 2 fully saturated rings. The van der Waals surface area contributed by atoms with Crippen LogP contribution in [0, 0.1) is 25.7 Å². The molecule has 0 aromatic carbocycles. The third-order valence-corrected chi connectivity index (χ3v) is 9.31. The molecule has 11 heteroatoms. The number of allylic oxidation sites excluding steroid dienone is 2. The molecule has 0 saturated carbocycles. The minimum atomic E-state index is -0.879. The Kier molecular flexibility index (Phi) is 9.20. The van der Waals surface area contributed by atoms with Gasteiger partial charge in [0, 0.05) is 70.0 Å². The van der Waals surface area contributed by atoms with Crippen LogP contribution in [-0.4, -0.2) is 50.1 Å². The first kappa shape index (κ1) is 31.7. The molecule has 2 aromatic rings. The van der Waals surface area contributed by atoms with Gasteiger partial charge in [-0.3, -0.25) is 14.4 Å². The molecule has 3 aliphatic heterocycles. The Morgan fingerprint density at radius 3 is 2.45 bits per heavy atom. The second kappa shape index (κ2) is 12.7. The number of carboxylic acid groups (broad SMARTS) is 1. The van der Waals surface area contributed by atoms with Crippen molar-refractivity contribution in [3.05, 3.63) is 61.2 Å². The van der Waals surface area contributed by atoms with Crippen LogP contribution in [0.15, 0.2) is 21.8 Å². The number of aliphatic imine (C=N–C) groups is 1. The summed E-state index contributed by atoms with van der Waals surface area (Å²) >= 11 is 4.65. The molecular weight excluding hydrogens is 580 g/mol. The molecule has 44 heavy (non-hydrogen) atoms. The highest BCUT2D eigenvalue weighted by Gasteiger charge is 2.37. The Morgan fingerprint density at radius 1 is 1.11 bits per heavy atom. The first-order valence-corrected chi connectivity index (χ1v) is 15.6. The van der Waals surface area contributed by atoms with E-state index < -0.39 is 5.97 Å². The van der Waals surface area contributed by atoms with Crippen molar-refractivity contribution in [1.29, 1.82) is 0 Å². The number of nitrogens with zero attached hydrogens (tertiary/aromatic N) is 1. The minimum Gasteiger partial charge on any atom is -0.481 e. The number of aromatic amines is 2. The van der Waals surface area contributed by atoms with Crippen LogP contribution in [0.3, 0.4) is 0 Å². The number of amides is 2. The summed E-state index contributed by atoms with van der Waals surface area (Å²) in [6, 6.07) is 0. The lowest BCUT2D eigenvalue weighted by Crippen LogP contribution is -2.24. The van der Waals surface area contributed by atoms with Crippen molar-refractivity contribution in [1.82, 2.24) is 15.3 Å². The largest absolute Gasteiger partial charge is 0.481 e. The summed E-state index contributed by atoms with van der Waals surface area (Å²) in [4.78, 5) is 57.9. The fourth-order valence-corrected chi connectivity index (χ4v) is 6.74. The molecule has 3 aliphatic rings. The zero-order valence-corrected chi connectivity index (χ0v) is 26.9. The number of thiol groups is 1. The maximum Gasteiger partial charge on any atom is 0.303 e. The summed E-state index contributed by atoms with van der Waals surface area (Å²) in [7, 11) is 0. The molecule has 0 radical (unpaired) electrons. The third-order valence-electron chi connectivity index (χ3n) is 8.98. The number of rotatable bonds is 11. The van der Waals surface area contributed by atoms with Crippen molar-refractivity contribution in [2.24, 2.45) is 16.8 Å². The third kappa shape index (κ3) is 6.40. The molecule has 0 aliphatic carbocycles. The van der Waals surface area contributed by atoms with Gasteiger partial charge in [0.2, 0.25) is 12.2 Å². The van der Waals surface area contributed by atoms with Crippen LogP contribution in [0.25, 0.3) is 18.2 Å². The standard InChI is InChI=1S/C33H40N4O6S/c1-7-20-15(2)25(36-33(20)41)12-23-17(4)22(9-11-30-42-43-30)27(34-23)14-26-21(8-10-29(38)39)16(3)24(35-26)13-28-31(19(6)44)18(5)32(40)37-28/h9,13-14,18-19,30-31,34-35,44H,7-8,10-12H2,1-6H3,(H,37,40)(H,38,39)/b22-9+,27-14-,28-13-/t18-,19?,31+/m1/s1. The number of hydrogen-bond acceptors (Lipinski definition) is 6. The van der Waals surface area contributed by atoms with Gasteiger partial charge in [0.1, 0.15) is 0 Å². The van der Waals surface area contributed by atoms with Gasteiger partial charge in [-0.25, -0.2) is 4.99 Å². The average Bonchev–Trinajstić information content (AvgIpc) is 3.51. The molecule has 2 saturated heterocycles. The van der Waals surface area contributed by atoms with Gasteiger partial charge in [0.25, 0.3) is 5.91 Å². The van der Waals surface area contributed by atoms with E-state index in [1.165, 1.54) is 0 Å². The smallest absolute Gasteiger partial charge is 0.303 e. The van der Waals surface area contributed by atoms with E-state index in [1.54, 1.807) is 0 Å². The van der Waals surface area contributed by atoms with Gasteiger partial charge in [0.05, 0.1) is 5.71 Å². The number of H-pyrrole nitrogens is 2. The van der Waals surface area contributed by atoms with Gasteiger partial charge < -0.3 is 20.4 Å². The van der Waals surface area contributed by atoms with Crippen molar-refractivity contribution in [3.63, 3.8) is 0 Å². The number of aliphatic carboxylic acids is 1. The summed E-state index contributed by atoms with van der Waals surface area (Å²) < 4.78 is 0. The van der Waals surface area contributed by atoms with Crippen LogP contribution in [0.5, 0.6) is 0 Å². The van der Waals surface area contributed by atoms with Crippen LogP contribution in [0.2, 0.25) is 0 Å². The Bertz CT molecular complexity index is 1740. The summed E-state index contributed by atoms with van der Waals surface area (Å²) in [5.41, 5.74) is 8.59. The molecule has 1 unspecified atom stereocenters. The Morgan fingerprint density at radius 2 is 1.84 bits per heavy atom. The number of hydrogen-bond donors (Lipinski definition) is 5. The van der Waals surface area contributed by atoms with Crippen LogP contribution in [0.1, 0.15) is 80.7 Å². The maximum atomic E-state index is 12.5. The van der Waals surface area contributed by atoms with Crippen molar-refractivity contribution < 1.29 is 29.3 Å². The lowest BCUT2D eigenvalue weighted by molar-refractivity contribution is -0.137. The zero-order chi connectivity index (χ0) is 31.9. The first-order chi connectivity index (χ1) is 20.9. The fraction of sp³-hybridized carbons (Fsp3) is 0.455. The lowest BCUT2D eigenvalue weighted by Gasteiger charge is -2.17. The molecule has 4 N–H and O–H groups in total. The topological polar surface area (TPSA) is 152 Å². The van der Waals surface area contributed by atoms with Gasteiger partial charge in [-0.2, -0.15) is 22.4 Å². The number of carbonyl (C=O) groups is 3. The Labute approximate surface area is 261 Å². The minimum absolute atomic E-state index is 0.0246. The number of carboxylic acids is 1. The summed E-state index contributed by atoms with van der Waals surface area (Å²) in [5.74, 6) is -1.35. The number of aromatic nitrogens is 2. The fourth-order valence-electron chi connectivity index (χ4n) is 6.32. The zero-order valence-electron chi connectivity index (χ0n) is 26.0. The molecular formula is C33H40N4O6S. The maximum absolute atomic E-state index is 12.5. The average molecular weight is 621 g/mol. The quantitative estimate of drug-likeness (QED) is 0.147. The van der Waals surface area contributed by atoms with Crippen LogP contribution in [0.4, 0.5) is 0 Å². The molecule has 5 rings (SSSR count). The van der Waals surface area contributed by atoms with Gasteiger partial charge in [0.15, 0.2) is 0 Å². The van der Waals surface area contributed by atoms with E-state index in [0.717, 1.165) is 66.9 Å². The second-order valence-electron chi connectivity index (χ2n) is 11.9. The van der Waals surface area contributed by atoms with Gasteiger partial charge in [-0.05, 0) is 73.2 Å². The van der Waals surface area contributed by atoms with Gasteiger partial charge in [-0.1, -0.05) is 26.8 Å². The van der Waals surface area contributed by atoms with E-state index in [-0.39, 0.29) is 41.6 Å². The SMILES string of the molecule is CCC1=C(C)C(Cc2[nH]c(=C\c3[nH]c(/C=C4\NC(=O)[C@H](C)[C@H]4C(C)S)c(C)c3CCC(=O)O)/c(=C/CC3OO3)c2C)=NC1=O. The first-order valence-electron chi connectivity index (χ1n) is 15.1. The molecule has 0 spiro atoms. The highest BCUT2D eigenvalue weighted by atomic mass is 32.1. The number of carbonyl (C=O) groups excluding carboxylic acids is 2. The monoisotopic (exact) mass is 620 g/mol. The normalized spacial score (nSPS) is 22.9. The summed E-state index contributed by atoms with van der Waals surface area (Å²) in [6.45, 7) is 11.8. The highest BCUT2D eigenvalue weighted by Crippen LogP contribution is 2.34. The van der Waals surface area contributed by atoms with Crippen LogP contribution in [-0.2, 0) is 37.0 Å². The molecule has 3 atom stereocenters. The van der Waals surface area contributed by atoms with E-state index in [4.69, 9.17) is 9.78 Å². The van der Waals surface area contributed by atoms with E-state index in [9.17, 15) is 19.5 Å². The van der Waals surface area contributed by atoms with Crippen molar-refractivity contribution in [3.8, 4) is 0 Å². The highest BCUT2D eigenvalue weighted by molar-refractivity contribution is 7.80. The van der Waals surface area contributed by atoms with Crippen molar-refractivity contribution >= 4 is 54.4 Å². The molecule has 2 aromatic heterocycles. The van der Waals surface area contributed by atoms with E-state index in [1.807, 2.05) is 53.7 Å². The van der Waals surface area contributed by atoms with Crippen molar-refractivity contribution in [2.45, 2.75) is 85.2 Å². The second-order valence-corrected chi connectivity index (χ2v) is 12.7. The van der Waals surface area contributed by atoms with Gasteiger partial charge >= 0.3 is 5.97 Å².